The van der Waals surface area contributed by atoms with Crippen molar-refractivity contribution in [2.24, 2.45) is 0 Å². The van der Waals surface area contributed by atoms with Crippen LogP contribution in [0.25, 0.3) is 0 Å². The van der Waals surface area contributed by atoms with Crippen LogP contribution in [-0.2, 0) is 4.79 Å². The smallest absolute Gasteiger partial charge is 0.261 e. The quantitative estimate of drug-likeness (QED) is 0.858. The molecule has 1 heterocycles. The molecule has 7 heteroatoms. The second-order valence-electron chi connectivity index (χ2n) is 4.62. The normalized spacial score (nSPS) is 11.8. The second-order valence-corrected chi connectivity index (χ2v) is 6.41. The minimum absolute atomic E-state index is 0.0910. The molecular weight excluding hydrogens is 343 g/mol. The highest BCUT2D eigenvalue weighted by Crippen LogP contribution is 2.25. The monoisotopic (exact) mass is 356 g/mol. The number of carbonyl (C=O) groups is 2. The van der Waals surface area contributed by atoms with E-state index >= 15 is 0 Å². The molecule has 0 saturated carbocycles. The predicted octanol–water partition coefficient (Wildman–Crippen LogP) is 3.66. The molecule has 1 atom stereocenters. The number of amides is 2. The Morgan fingerprint density at radius 1 is 1.27 bits per heavy atom. The average molecular weight is 357 g/mol. The molecule has 1 aromatic carbocycles. The molecule has 0 bridgehead atoms. The molecule has 4 nitrogen and oxygen atoms in total. The van der Waals surface area contributed by atoms with Gasteiger partial charge in [-0.1, -0.05) is 35.3 Å². The lowest BCUT2D eigenvalue weighted by molar-refractivity contribution is -0.120. The Kier molecular flexibility index (Phi) is 5.83. The fourth-order valence-electron chi connectivity index (χ4n) is 1.88. The van der Waals surface area contributed by atoms with Crippen molar-refractivity contribution in [2.45, 2.75) is 13.0 Å². The highest BCUT2D eigenvalue weighted by molar-refractivity contribution is 7.12. The maximum atomic E-state index is 11.9. The van der Waals surface area contributed by atoms with Gasteiger partial charge in [-0.05, 0) is 36.1 Å². The molecule has 0 saturated heterocycles. The molecule has 0 aliphatic carbocycles. The molecule has 1 aromatic heterocycles. The first-order valence-corrected chi connectivity index (χ1v) is 8.17. The Morgan fingerprint density at radius 2 is 2.05 bits per heavy atom. The Labute approximate surface area is 142 Å². The summed E-state index contributed by atoms with van der Waals surface area (Å²) < 4.78 is 0. The van der Waals surface area contributed by atoms with E-state index < -0.39 is 0 Å². The molecule has 0 aliphatic heterocycles. The number of hydrogen-bond donors (Lipinski definition) is 2. The van der Waals surface area contributed by atoms with Gasteiger partial charge in [0.15, 0.2) is 0 Å². The Bertz CT molecular complexity index is 674. The van der Waals surface area contributed by atoms with Gasteiger partial charge >= 0.3 is 0 Å². The van der Waals surface area contributed by atoms with Crippen LogP contribution in [0, 0.1) is 0 Å². The van der Waals surface area contributed by atoms with Crippen LogP contribution in [0.15, 0.2) is 35.7 Å². The molecule has 0 radical (unpaired) electrons. The van der Waals surface area contributed by atoms with Crippen LogP contribution in [0.1, 0.15) is 28.2 Å². The summed E-state index contributed by atoms with van der Waals surface area (Å²) in [6.45, 7) is 1.72. The maximum absolute atomic E-state index is 11.9. The van der Waals surface area contributed by atoms with Gasteiger partial charge in [-0.3, -0.25) is 9.59 Å². The molecule has 0 unspecified atom stereocenters. The molecule has 2 amide bonds. The van der Waals surface area contributed by atoms with Crippen LogP contribution in [0.3, 0.4) is 0 Å². The number of halogens is 2. The van der Waals surface area contributed by atoms with E-state index in [9.17, 15) is 9.59 Å². The van der Waals surface area contributed by atoms with Crippen molar-refractivity contribution in [1.29, 1.82) is 0 Å². The summed E-state index contributed by atoms with van der Waals surface area (Å²) in [5.41, 5.74) is 0.768. The Balaban J connectivity index is 1.87. The van der Waals surface area contributed by atoms with Gasteiger partial charge in [0.1, 0.15) is 0 Å². The minimum Gasteiger partial charge on any atom is -0.348 e. The van der Waals surface area contributed by atoms with Crippen LogP contribution in [0.5, 0.6) is 0 Å². The third-order valence-corrected chi connectivity index (χ3v) is 4.39. The van der Waals surface area contributed by atoms with Crippen molar-refractivity contribution >= 4 is 46.4 Å². The van der Waals surface area contributed by atoms with E-state index in [0.717, 1.165) is 5.56 Å². The molecule has 0 aliphatic rings. The van der Waals surface area contributed by atoms with E-state index in [4.69, 9.17) is 23.2 Å². The third kappa shape index (κ3) is 4.47. The summed E-state index contributed by atoms with van der Waals surface area (Å²) in [5.74, 6) is -0.550. The van der Waals surface area contributed by atoms with Crippen molar-refractivity contribution in [3.05, 3.63) is 56.2 Å². The van der Waals surface area contributed by atoms with Crippen molar-refractivity contribution in [3.63, 3.8) is 0 Å². The molecule has 2 N–H and O–H groups in total. The lowest BCUT2D eigenvalue weighted by atomic mass is 10.1. The topological polar surface area (TPSA) is 58.2 Å². The van der Waals surface area contributed by atoms with Crippen LogP contribution >= 0.6 is 34.5 Å². The summed E-state index contributed by atoms with van der Waals surface area (Å²) in [6.07, 6.45) is 0. The van der Waals surface area contributed by atoms with Crippen LogP contribution in [-0.4, -0.2) is 18.4 Å². The summed E-state index contributed by atoms with van der Waals surface area (Å²) in [6, 6.07) is 8.30. The van der Waals surface area contributed by atoms with E-state index in [-0.39, 0.29) is 24.4 Å². The molecular formula is C15H14Cl2N2O2S. The number of rotatable bonds is 5. The van der Waals surface area contributed by atoms with Gasteiger partial charge in [-0.2, -0.15) is 0 Å². The Morgan fingerprint density at radius 3 is 2.68 bits per heavy atom. The molecule has 116 valence electrons. The highest BCUT2D eigenvalue weighted by atomic mass is 35.5. The third-order valence-electron chi connectivity index (χ3n) is 2.96. The van der Waals surface area contributed by atoms with E-state index in [1.165, 1.54) is 11.3 Å². The fraction of sp³-hybridized carbons (Fsp3) is 0.200. The first kappa shape index (κ1) is 16.8. The van der Waals surface area contributed by atoms with Gasteiger partial charge < -0.3 is 10.6 Å². The zero-order valence-electron chi connectivity index (χ0n) is 11.7. The zero-order valence-corrected chi connectivity index (χ0v) is 14.1. The van der Waals surface area contributed by atoms with Gasteiger partial charge in [0.05, 0.1) is 17.5 Å². The fourth-order valence-corrected chi connectivity index (χ4v) is 3.09. The Hall–Kier alpha value is -1.56. The minimum atomic E-state index is -0.288. The first-order valence-electron chi connectivity index (χ1n) is 6.53. The van der Waals surface area contributed by atoms with Crippen LogP contribution in [0.4, 0.5) is 0 Å². The second kappa shape index (κ2) is 7.63. The largest absolute Gasteiger partial charge is 0.348 e. The lowest BCUT2D eigenvalue weighted by Gasteiger charge is -2.16. The SMILES string of the molecule is C[C@@H](NC(=O)CNC(=O)c1cccs1)c1ccc(Cl)cc1Cl. The summed E-state index contributed by atoms with van der Waals surface area (Å²) in [7, 11) is 0. The summed E-state index contributed by atoms with van der Waals surface area (Å²) >= 11 is 13.3. The van der Waals surface area contributed by atoms with E-state index in [0.29, 0.717) is 14.9 Å². The average Bonchev–Trinajstić information content (AvgIpc) is 2.98. The zero-order chi connectivity index (χ0) is 16.1. The van der Waals surface area contributed by atoms with Gasteiger partial charge in [0.2, 0.25) is 5.91 Å². The van der Waals surface area contributed by atoms with Crippen molar-refractivity contribution in [1.82, 2.24) is 10.6 Å². The standard InChI is InChI=1S/C15H14Cl2N2O2S/c1-9(11-5-4-10(16)7-12(11)17)19-14(20)8-18-15(21)13-3-2-6-22-13/h2-7,9H,8H2,1H3,(H,18,21)(H,19,20)/t9-/m1/s1. The number of carbonyl (C=O) groups excluding carboxylic acids is 2. The molecule has 2 rings (SSSR count). The molecule has 0 spiro atoms. The number of benzene rings is 1. The van der Waals surface area contributed by atoms with E-state index in [1.54, 1.807) is 35.7 Å². The maximum Gasteiger partial charge on any atom is 0.261 e. The van der Waals surface area contributed by atoms with Gasteiger partial charge in [0, 0.05) is 10.0 Å². The number of nitrogens with one attached hydrogen (secondary N) is 2. The highest BCUT2D eigenvalue weighted by Gasteiger charge is 2.14. The first-order chi connectivity index (χ1) is 10.5. The van der Waals surface area contributed by atoms with Crippen molar-refractivity contribution in [2.75, 3.05) is 6.54 Å². The number of thiophene rings is 1. The molecule has 22 heavy (non-hydrogen) atoms. The van der Waals surface area contributed by atoms with E-state index in [2.05, 4.69) is 10.6 Å². The lowest BCUT2D eigenvalue weighted by Crippen LogP contribution is -2.37. The number of hydrogen-bond acceptors (Lipinski definition) is 3. The summed E-state index contributed by atoms with van der Waals surface area (Å²) in [5, 5.41) is 8.18. The van der Waals surface area contributed by atoms with Gasteiger partial charge in [-0.25, -0.2) is 0 Å². The summed E-state index contributed by atoms with van der Waals surface area (Å²) in [4.78, 5) is 24.2. The molecule has 0 fully saturated rings. The van der Waals surface area contributed by atoms with E-state index in [1.807, 2.05) is 6.92 Å². The van der Waals surface area contributed by atoms with Crippen LogP contribution in [0.2, 0.25) is 10.0 Å². The van der Waals surface area contributed by atoms with Crippen LogP contribution < -0.4 is 10.6 Å². The van der Waals surface area contributed by atoms with Crippen molar-refractivity contribution in [3.8, 4) is 0 Å². The van der Waals surface area contributed by atoms with Gasteiger partial charge in [0.25, 0.3) is 5.91 Å². The predicted molar refractivity (Wildman–Crippen MR) is 89.7 cm³/mol. The molecule has 2 aromatic rings. The van der Waals surface area contributed by atoms with Crippen molar-refractivity contribution < 1.29 is 9.59 Å². The van der Waals surface area contributed by atoms with Gasteiger partial charge in [-0.15, -0.1) is 11.3 Å².